The van der Waals surface area contributed by atoms with Crippen LogP contribution in [0.1, 0.15) is 47.0 Å². The summed E-state index contributed by atoms with van der Waals surface area (Å²) in [5.41, 5.74) is 0. The monoisotopic (exact) mass is 323 g/mol. The topological polar surface area (TPSA) is 52.7 Å². The Morgan fingerprint density at radius 3 is 2.39 bits per heavy atom. The van der Waals surface area contributed by atoms with E-state index in [9.17, 15) is 9.59 Å². The lowest BCUT2D eigenvalue weighted by atomic mass is 9.91. The van der Waals surface area contributed by atoms with Crippen molar-refractivity contribution in [3.05, 3.63) is 0 Å². The van der Waals surface area contributed by atoms with Gasteiger partial charge < -0.3 is 15.1 Å². The Kier molecular flexibility index (Phi) is 6.45. The third-order valence-electron chi connectivity index (χ3n) is 5.41. The Balaban J connectivity index is 1.93. The first-order valence-electron chi connectivity index (χ1n) is 9.23. The fourth-order valence-corrected chi connectivity index (χ4v) is 3.81. The summed E-state index contributed by atoms with van der Waals surface area (Å²) in [5, 5.41) is 2.75. The van der Waals surface area contributed by atoms with Crippen LogP contribution in [0, 0.1) is 17.8 Å². The maximum atomic E-state index is 12.3. The number of carbonyl (C=O) groups is 2. The second-order valence-electron chi connectivity index (χ2n) is 7.76. The van der Waals surface area contributed by atoms with Crippen LogP contribution in [-0.4, -0.2) is 60.4 Å². The highest BCUT2D eigenvalue weighted by molar-refractivity contribution is 6.35. The zero-order chi connectivity index (χ0) is 17.0. The minimum absolute atomic E-state index is 0.152. The Labute approximate surface area is 140 Å². The summed E-state index contributed by atoms with van der Waals surface area (Å²) in [5.74, 6) is 0.891. The molecule has 0 aromatic heterocycles. The van der Waals surface area contributed by atoms with Crippen molar-refractivity contribution in [1.82, 2.24) is 15.1 Å². The van der Waals surface area contributed by atoms with Gasteiger partial charge in [0.2, 0.25) is 0 Å². The van der Waals surface area contributed by atoms with Crippen LogP contribution in [0.3, 0.4) is 0 Å². The van der Waals surface area contributed by atoms with Gasteiger partial charge in [-0.1, -0.05) is 34.1 Å². The average molecular weight is 323 g/mol. The van der Waals surface area contributed by atoms with Crippen LogP contribution in [0.5, 0.6) is 0 Å². The van der Waals surface area contributed by atoms with Gasteiger partial charge in [0.05, 0.1) is 6.04 Å². The van der Waals surface area contributed by atoms with Crippen LogP contribution < -0.4 is 5.32 Å². The van der Waals surface area contributed by atoms with E-state index in [4.69, 9.17) is 0 Å². The van der Waals surface area contributed by atoms with Crippen molar-refractivity contribution in [3.8, 4) is 0 Å². The van der Waals surface area contributed by atoms with Crippen molar-refractivity contribution in [1.29, 1.82) is 0 Å². The first kappa shape index (κ1) is 18.2. The minimum Gasteiger partial charge on any atom is -0.346 e. The second kappa shape index (κ2) is 8.13. The molecule has 0 saturated carbocycles. The van der Waals surface area contributed by atoms with E-state index in [2.05, 4.69) is 37.9 Å². The third-order valence-corrected chi connectivity index (χ3v) is 5.41. The normalized spacial score (nSPS) is 25.8. The number of hydrogen-bond donors (Lipinski definition) is 1. The van der Waals surface area contributed by atoms with E-state index >= 15 is 0 Å². The van der Waals surface area contributed by atoms with Crippen LogP contribution in [0.15, 0.2) is 0 Å². The molecule has 132 valence electrons. The second-order valence-corrected chi connectivity index (χ2v) is 7.76. The number of amides is 2. The summed E-state index contributed by atoms with van der Waals surface area (Å²) in [6, 6.07) is 0.152. The van der Waals surface area contributed by atoms with Crippen molar-refractivity contribution in [2.45, 2.75) is 53.0 Å². The molecular weight excluding hydrogens is 290 g/mol. The highest BCUT2D eigenvalue weighted by Crippen LogP contribution is 2.24. The molecule has 5 nitrogen and oxygen atoms in total. The molecule has 2 rings (SSSR count). The molecule has 0 aliphatic carbocycles. The molecule has 0 spiro atoms. The van der Waals surface area contributed by atoms with Gasteiger partial charge in [-0.2, -0.15) is 0 Å². The van der Waals surface area contributed by atoms with Crippen molar-refractivity contribution in [2.24, 2.45) is 17.8 Å². The summed E-state index contributed by atoms with van der Waals surface area (Å²) in [7, 11) is 0. The summed E-state index contributed by atoms with van der Waals surface area (Å²) in [6.45, 7) is 13.6. The number of carbonyl (C=O) groups excluding carboxylic acids is 2. The van der Waals surface area contributed by atoms with Crippen LogP contribution in [-0.2, 0) is 9.59 Å². The fourth-order valence-electron chi connectivity index (χ4n) is 3.81. The molecule has 0 unspecified atom stereocenters. The lowest BCUT2D eigenvalue weighted by Gasteiger charge is -2.42. The largest absolute Gasteiger partial charge is 0.346 e. The van der Waals surface area contributed by atoms with E-state index < -0.39 is 5.91 Å². The Morgan fingerprint density at radius 2 is 1.83 bits per heavy atom. The van der Waals surface area contributed by atoms with Gasteiger partial charge >= 0.3 is 11.8 Å². The van der Waals surface area contributed by atoms with Gasteiger partial charge in [-0.25, -0.2) is 0 Å². The molecule has 0 bridgehead atoms. The summed E-state index contributed by atoms with van der Waals surface area (Å²) >= 11 is 0. The number of likely N-dealkylation sites (tertiary alicyclic amines) is 1. The smallest absolute Gasteiger partial charge is 0.312 e. The molecule has 5 heteroatoms. The quantitative estimate of drug-likeness (QED) is 0.757. The molecule has 2 aliphatic heterocycles. The standard InChI is InChI=1S/C18H33N3O2/c1-5-14(4)16-10-19-17(22)18(23)21(16)12-15-6-8-20(9-7-15)11-13(2)3/h13-16H,5-12H2,1-4H3,(H,19,22)/t14-,16+/m0/s1. The molecular formula is C18H33N3O2. The van der Waals surface area contributed by atoms with Crippen LogP contribution >= 0.6 is 0 Å². The van der Waals surface area contributed by atoms with Gasteiger partial charge in [0, 0.05) is 19.6 Å². The molecule has 0 radical (unpaired) electrons. The van der Waals surface area contributed by atoms with Gasteiger partial charge in [-0.3, -0.25) is 9.59 Å². The number of rotatable bonds is 6. The third kappa shape index (κ3) is 4.69. The first-order chi connectivity index (χ1) is 10.9. The van der Waals surface area contributed by atoms with Crippen molar-refractivity contribution >= 4 is 11.8 Å². The number of piperidine rings is 1. The number of piperazine rings is 1. The lowest BCUT2D eigenvalue weighted by molar-refractivity contribution is -0.152. The highest BCUT2D eigenvalue weighted by Gasteiger charge is 2.37. The fraction of sp³-hybridized carbons (Fsp3) is 0.889. The SMILES string of the molecule is CC[C@H](C)[C@H]1CNC(=O)C(=O)N1CC1CCN(CC(C)C)CC1. The van der Waals surface area contributed by atoms with Crippen molar-refractivity contribution in [2.75, 3.05) is 32.7 Å². The summed E-state index contributed by atoms with van der Waals surface area (Å²) in [6.07, 6.45) is 3.29. The van der Waals surface area contributed by atoms with E-state index in [-0.39, 0.29) is 11.9 Å². The minimum atomic E-state index is -0.429. The molecule has 2 heterocycles. The Morgan fingerprint density at radius 1 is 1.17 bits per heavy atom. The zero-order valence-corrected chi connectivity index (χ0v) is 15.2. The van der Waals surface area contributed by atoms with Gasteiger partial charge in [-0.05, 0) is 43.7 Å². The van der Waals surface area contributed by atoms with Gasteiger partial charge in [0.1, 0.15) is 0 Å². The van der Waals surface area contributed by atoms with Gasteiger partial charge in [0.25, 0.3) is 0 Å². The predicted octanol–water partition coefficient (Wildman–Crippen LogP) is 1.73. The number of nitrogens with one attached hydrogen (secondary N) is 1. The van der Waals surface area contributed by atoms with Crippen molar-refractivity contribution in [3.63, 3.8) is 0 Å². The molecule has 1 N–H and O–H groups in total. The van der Waals surface area contributed by atoms with Crippen molar-refractivity contribution < 1.29 is 9.59 Å². The summed E-state index contributed by atoms with van der Waals surface area (Å²) in [4.78, 5) is 28.5. The molecule has 2 fully saturated rings. The molecule has 2 atom stereocenters. The average Bonchev–Trinajstić information content (AvgIpc) is 2.52. The molecule has 2 saturated heterocycles. The lowest BCUT2D eigenvalue weighted by Crippen LogP contribution is -2.61. The molecule has 2 amide bonds. The van der Waals surface area contributed by atoms with E-state index in [1.807, 2.05) is 4.90 Å². The summed E-state index contributed by atoms with van der Waals surface area (Å²) < 4.78 is 0. The van der Waals surface area contributed by atoms with E-state index in [1.165, 1.54) is 0 Å². The first-order valence-corrected chi connectivity index (χ1v) is 9.23. The van der Waals surface area contributed by atoms with Gasteiger partial charge in [-0.15, -0.1) is 0 Å². The molecule has 23 heavy (non-hydrogen) atoms. The Bertz CT molecular complexity index is 416. The maximum Gasteiger partial charge on any atom is 0.312 e. The zero-order valence-electron chi connectivity index (χ0n) is 15.2. The number of hydrogen-bond acceptors (Lipinski definition) is 3. The number of nitrogens with zero attached hydrogens (tertiary/aromatic N) is 2. The van der Waals surface area contributed by atoms with E-state index in [1.54, 1.807) is 0 Å². The van der Waals surface area contributed by atoms with Crippen LogP contribution in [0.2, 0.25) is 0 Å². The van der Waals surface area contributed by atoms with E-state index in [0.29, 0.717) is 24.3 Å². The molecule has 0 aromatic carbocycles. The molecule has 0 aromatic rings. The van der Waals surface area contributed by atoms with Crippen LogP contribution in [0.25, 0.3) is 0 Å². The Hall–Kier alpha value is -1.10. The van der Waals surface area contributed by atoms with Crippen LogP contribution in [0.4, 0.5) is 0 Å². The highest BCUT2D eigenvalue weighted by atomic mass is 16.2. The maximum absolute atomic E-state index is 12.3. The molecule has 2 aliphatic rings. The van der Waals surface area contributed by atoms with E-state index in [0.717, 1.165) is 45.4 Å². The predicted molar refractivity (Wildman–Crippen MR) is 92.0 cm³/mol. The van der Waals surface area contributed by atoms with Gasteiger partial charge in [0.15, 0.2) is 0 Å².